The number of benzene rings is 1. The smallest absolute Gasteiger partial charge is 0.258 e. The monoisotopic (exact) mass is 233 g/mol. The highest BCUT2D eigenvalue weighted by Crippen LogP contribution is 2.26. The summed E-state index contributed by atoms with van der Waals surface area (Å²) in [6.07, 6.45) is 0. The van der Waals surface area contributed by atoms with Crippen molar-refractivity contribution in [2.24, 2.45) is 0 Å². The molecule has 0 N–H and O–H groups in total. The topological polar surface area (TPSA) is 43.1 Å². The highest BCUT2D eigenvalue weighted by Gasteiger charge is 2.04. The van der Waals surface area contributed by atoms with Gasteiger partial charge in [-0.2, -0.15) is 0 Å². The zero-order valence-corrected chi connectivity index (χ0v) is 7.76. The number of non-ortho nitro benzene ring substituents is 1. The van der Waals surface area contributed by atoms with E-state index in [0.29, 0.717) is 0 Å². The highest BCUT2D eigenvalue weighted by molar-refractivity contribution is 9.50. The summed E-state index contributed by atoms with van der Waals surface area (Å²) in [5.74, 6) is 0. The summed E-state index contributed by atoms with van der Waals surface area (Å²) >= 11 is 3.13. The number of nitro benzene ring substituents is 1. The molecule has 0 aliphatic heterocycles. The third kappa shape index (κ3) is 2.20. The first-order chi connectivity index (χ1) is 5.24. The Morgan fingerprint density at radius 2 is 2.27 bits per heavy atom. The summed E-state index contributed by atoms with van der Waals surface area (Å²) in [6.45, 7) is 0. The lowest BCUT2D eigenvalue weighted by Gasteiger charge is -1.92. The summed E-state index contributed by atoms with van der Waals surface area (Å²) in [6, 6.07) is 6.43. The number of nitro groups is 1. The van der Waals surface area contributed by atoms with Crippen LogP contribution in [0.2, 0.25) is 0 Å². The van der Waals surface area contributed by atoms with Gasteiger partial charge in [-0.15, -0.1) is 0 Å². The minimum Gasteiger partial charge on any atom is -0.258 e. The van der Waals surface area contributed by atoms with Crippen LogP contribution < -0.4 is 0 Å². The first kappa shape index (κ1) is 8.55. The normalized spacial score (nSPS) is 9.55. The molecule has 1 rings (SSSR count). The molecule has 1 aromatic rings. The van der Waals surface area contributed by atoms with E-state index in [1.54, 1.807) is 12.1 Å². The lowest BCUT2D eigenvalue weighted by Crippen LogP contribution is -1.86. The molecular weight excluding hydrogens is 230 g/mol. The number of halogens is 1. The molecule has 5 heteroatoms. The highest BCUT2D eigenvalue weighted by atomic mass is 79.9. The standard InChI is InChI=1S/C6H4BrNO2S/c7-11-6-3-1-2-5(4-6)8(9)10/h1-4H. The van der Waals surface area contributed by atoms with Gasteiger partial charge in [0.25, 0.3) is 5.69 Å². The molecule has 0 atom stereocenters. The quantitative estimate of drug-likeness (QED) is 0.583. The van der Waals surface area contributed by atoms with E-state index in [2.05, 4.69) is 14.8 Å². The van der Waals surface area contributed by atoms with Gasteiger partial charge in [0.05, 0.1) is 4.92 Å². The van der Waals surface area contributed by atoms with E-state index in [1.807, 2.05) is 0 Å². The average Bonchev–Trinajstić information content (AvgIpc) is 2.05. The van der Waals surface area contributed by atoms with Crippen molar-refractivity contribution in [1.29, 1.82) is 0 Å². The first-order valence-electron chi connectivity index (χ1n) is 2.77. The molecule has 0 heterocycles. The van der Waals surface area contributed by atoms with E-state index in [4.69, 9.17) is 0 Å². The molecule has 0 aliphatic carbocycles. The van der Waals surface area contributed by atoms with Gasteiger partial charge in [0.15, 0.2) is 0 Å². The van der Waals surface area contributed by atoms with E-state index in [0.717, 1.165) is 4.90 Å². The molecule has 0 fully saturated rings. The lowest BCUT2D eigenvalue weighted by atomic mass is 10.3. The Labute approximate surface area is 75.1 Å². The molecule has 0 saturated carbocycles. The summed E-state index contributed by atoms with van der Waals surface area (Å²) in [5, 5.41) is 10.3. The number of rotatable bonds is 2. The first-order valence-corrected chi connectivity index (χ1v) is 5.43. The molecule has 0 aromatic heterocycles. The Hall–Kier alpha value is -0.550. The number of hydrogen-bond donors (Lipinski definition) is 0. The molecule has 0 bridgehead atoms. The van der Waals surface area contributed by atoms with Crippen LogP contribution in [-0.4, -0.2) is 4.92 Å². The van der Waals surface area contributed by atoms with Crippen molar-refractivity contribution in [2.45, 2.75) is 4.90 Å². The van der Waals surface area contributed by atoms with Crippen molar-refractivity contribution >= 4 is 30.7 Å². The van der Waals surface area contributed by atoms with Crippen molar-refractivity contribution < 1.29 is 4.92 Å². The van der Waals surface area contributed by atoms with E-state index in [9.17, 15) is 10.1 Å². The van der Waals surface area contributed by atoms with Gasteiger partial charge in [-0.25, -0.2) is 0 Å². The number of hydrogen-bond acceptors (Lipinski definition) is 3. The third-order valence-electron chi connectivity index (χ3n) is 1.12. The maximum atomic E-state index is 10.3. The van der Waals surface area contributed by atoms with Crippen LogP contribution in [-0.2, 0) is 0 Å². The molecule has 0 unspecified atom stereocenters. The minimum absolute atomic E-state index is 0.120. The van der Waals surface area contributed by atoms with E-state index in [1.165, 1.54) is 22.3 Å². The second-order valence-electron chi connectivity index (χ2n) is 1.83. The third-order valence-corrected chi connectivity index (χ3v) is 2.67. The average molecular weight is 234 g/mol. The van der Waals surface area contributed by atoms with Gasteiger partial charge in [0.2, 0.25) is 0 Å². The van der Waals surface area contributed by atoms with Crippen LogP contribution in [0.15, 0.2) is 29.2 Å². The molecule has 58 valence electrons. The van der Waals surface area contributed by atoms with Crippen LogP contribution in [0.1, 0.15) is 0 Å². The fourth-order valence-electron chi connectivity index (χ4n) is 0.645. The lowest BCUT2D eigenvalue weighted by molar-refractivity contribution is -0.385. The zero-order valence-electron chi connectivity index (χ0n) is 5.36. The fraction of sp³-hybridized carbons (Fsp3) is 0. The van der Waals surface area contributed by atoms with E-state index < -0.39 is 4.92 Å². The van der Waals surface area contributed by atoms with Gasteiger partial charge in [-0.05, 0) is 31.1 Å². The molecule has 0 spiro atoms. The molecular formula is C6H4BrNO2S. The van der Waals surface area contributed by atoms with Gasteiger partial charge in [-0.3, -0.25) is 10.1 Å². The molecule has 0 amide bonds. The molecule has 0 saturated heterocycles. The summed E-state index contributed by atoms with van der Waals surface area (Å²) in [5.41, 5.74) is 0.120. The van der Waals surface area contributed by atoms with E-state index in [-0.39, 0.29) is 5.69 Å². The Bertz CT molecular complexity index is 279. The van der Waals surface area contributed by atoms with Crippen molar-refractivity contribution in [3.63, 3.8) is 0 Å². The summed E-state index contributed by atoms with van der Waals surface area (Å²) in [4.78, 5) is 10.7. The summed E-state index contributed by atoms with van der Waals surface area (Å²) in [7, 11) is 1.31. The Kier molecular flexibility index (Phi) is 2.90. The van der Waals surface area contributed by atoms with Gasteiger partial charge < -0.3 is 0 Å². The Balaban J connectivity index is 3.01. The molecule has 3 nitrogen and oxygen atoms in total. The molecule has 0 aliphatic rings. The van der Waals surface area contributed by atoms with Gasteiger partial charge >= 0.3 is 0 Å². The zero-order chi connectivity index (χ0) is 8.27. The summed E-state index contributed by atoms with van der Waals surface area (Å²) < 4.78 is 0. The van der Waals surface area contributed by atoms with Crippen LogP contribution in [0, 0.1) is 10.1 Å². The second-order valence-corrected chi connectivity index (χ2v) is 3.43. The van der Waals surface area contributed by atoms with Gasteiger partial charge in [-0.1, -0.05) is 6.07 Å². The van der Waals surface area contributed by atoms with E-state index >= 15 is 0 Å². The SMILES string of the molecule is O=[N+]([O-])c1cccc(SBr)c1. The van der Waals surface area contributed by atoms with Crippen molar-refractivity contribution in [2.75, 3.05) is 0 Å². The van der Waals surface area contributed by atoms with Crippen LogP contribution in [0.4, 0.5) is 5.69 Å². The van der Waals surface area contributed by atoms with Crippen molar-refractivity contribution in [1.82, 2.24) is 0 Å². The van der Waals surface area contributed by atoms with Crippen LogP contribution in [0.3, 0.4) is 0 Å². The maximum Gasteiger partial charge on any atom is 0.270 e. The molecule has 0 radical (unpaired) electrons. The Morgan fingerprint density at radius 1 is 1.55 bits per heavy atom. The largest absolute Gasteiger partial charge is 0.270 e. The fourth-order valence-corrected chi connectivity index (χ4v) is 1.54. The molecule has 11 heavy (non-hydrogen) atoms. The van der Waals surface area contributed by atoms with Crippen LogP contribution in [0.25, 0.3) is 0 Å². The molecule has 1 aromatic carbocycles. The van der Waals surface area contributed by atoms with Crippen molar-refractivity contribution in [3.05, 3.63) is 34.4 Å². The predicted molar refractivity (Wildman–Crippen MR) is 47.9 cm³/mol. The maximum absolute atomic E-state index is 10.3. The Morgan fingerprint density at radius 3 is 2.82 bits per heavy atom. The predicted octanol–water partition coefficient (Wildman–Crippen LogP) is 3.00. The van der Waals surface area contributed by atoms with Crippen LogP contribution >= 0.6 is 25.0 Å². The second kappa shape index (κ2) is 3.73. The van der Waals surface area contributed by atoms with Gasteiger partial charge in [0, 0.05) is 17.0 Å². The minimum atomic E-state index is -0.410. The van der Waals surface area contributed by atoms with Crippen molar-refractivity contribution in [3.8, 4) is 0 Å². The number of nitrogens with zero attached hydrogens (tertiary/aromatic N) is 1. The van der Waals surface area contributed by atoms with Gasteiger partial charge in [0.1, 0.15) is 0 Å². The van der Waals surface area contributed by atoms with Crippen LogP contribution in [0.5, 0.6) is 0 Å².